The van der Waals surface area contributed by atoms with Crippen molar-refractivity contribution in [3.63, 3.8) is 0 Å². The van der Waals surface area contributed by atoms with Crippen LogP contribution in [0.5, 0.6) is 0 Å². The van der Waals surface area contributed by atoms with Crippen LogP contribution in [0, 0.1) is 9.49 Å². The maximum absolute atomic E-state index is 12.9. The van der Waals surface area contributed by atoms with Crippen LogP contribution in [0.2, 0.25) is 0 Å². The summed E-state index contributed by atoms with van der Waals surface area (Å²) in [6.07, 6.45) is 2.42. The molecule has 0 aromatic heterocycles. The first-order chi connectivity index (χ1) is 14.7. The summed E-state index contributed by atoms with van der Waals surface area (Å²) in [4.78, 5) is 27.0. The normalized spacial score (nSPS) is 15.9. The molecule has 0 aliphatic carbocycles. The van der Waals surface area contributed by atoms with Gasteiger partial charge in [-0.3, -0.25) is 4.79 Å². The van der Waals surface area contributed by atoms with Crippen molar-refractivity contribution in [3.8, 4) is 0 Å². The fraction of sp³-hybridized carbons (Fsp3) is 0.440. The zero-order valence-corrected chi connectivity index (χ0v) is 20.6. The topological polar surface area (TPSA) is 58.6 Å². The van der Waals surface area contributed by atoms with Crippen LogP contribution in [0.4, 0.5) is 4.79 Å². The third kappa shape index (κ3) is 7.23. The van der Waals surface area contributed by atoms with Gasteiger partial charge in [0.25, 0.3) is 5.91 Å². The van der Waals surface area contributed by atoms with E-state index in [1.807, 2.05) is 63.2 Å². The first-order valence-electron chi connectivity index (χ1n) is 10.8. The Morgan fingerprint density at radius 2 is 1.68 bits per heavy atom. The average Bonchev–Trinajstić information content (AvgIpc) is 2.73. The molecule has 1 N–H and O–H groups in total. The van der Waals surface area contributed by atoms with E-state index in [1.54, 1.807) is 4.90 Å². The zero-order chi connectivity index (χ0) is 22.4. The van der Waals surface area contributed by atoms with Gasteiger partial charge in [0, 0.05) is 22.2 Å². The number of ether oxygens (including phenoxy) is 1. The van der Waals surface area contributed by atoms with Crippen molar-refractivity contribution in [2.75, 3.05) is 13.1 Å². The predicted molar refractivity (Wildman–Crippen MR) is 131 cm³/mol. The summed E-state index contributed by atoms with van der Waals surface area (Å²) in [7, 11) is 0. The van der Waals surface area contributed by atoms with Gasteiger partial charge in [0.15, 0.2) is 0 Å². The summed E-state index contributed by atoms with van der Waals surface area (Å²) in [5, 5.41) is 3.23. The molecular weight excluding hydrogens is 503 g/mol. The van der Waals surface area contributed by atoms with Gasteiger partial charge in [-0.1, -0.05) is 30.3 Å². The van der Waals surface area contributed by atoms with Crippen molar-refractivity contribution in [1.29, 1.82) is 0 Å². The van der Waals surface area contributed by atoms with E-state index in [0.717, 1.165) is 28.4 Å². The molecule has 1 saturated heterocycles. The van der Waals surface area contributed by atoms with Crippen LogP contribution < -0.4 is 5.32 Å². The van der Waals surface area contributed by atoms with Crippen molar-refractivity contribution in [2.45, 2.75) is 51.7 Å². The van der Waals surface area contributed by atoms with E-state index in [9.17, 15) is 9.59 Å². The van der Waals surface area contributed by atoms with Gasteiger partial charge in [-0.25, -0.2) is 4.79 Å². The summed E-state index contributed by atoms with van der Waals surface area (Å²) < 4.78 is 6.60. The molecule has 1 aliphatic rings. The fourth-order valence-electron chi connectivity index (χ4n) is 3.82. The quantitative estimate of drug-likeness (QED) is 0.494. The lowest BCUT2D eigenvalue weighted by Crippen LogP contribution is -2.42. The monoisotopic (exact) mass is 534 g/mol. The number of benzene rings is 2. The molecule has 166 valence electrons. The lowest BCUT2D eigenvalue weighted by Gasteiger charge is -2.35. The summed E-state index contributed by atoms with van der Waals surface area (Å²) in [6.45, 7) is 7.04. The first-order valence-corrected chi connectivity index (χ1v) is 11.9. The maximum atomic E-state index is 12.9. The van der Waals surface area contributed by atoms with E-state index in [4.69, 9.17) is 4.74 Å². The Morgan fingerprint density at radius 1 is 1.06 bits per heavy atom. The second-order valence-corrected chi connectivity index (χ2v) is 10.3. The lowest BCUT2D eigenvalue weighted by atomic mass is 9.87. The molecule has 1 aliphatic heterocycles. The van der Waals surface area contributed by atoms with Crippen molar-refractivity contribution < 1.29 is 14.3 Å². The van der Waals surface area contributed by atoms with Gasteiger partial charge in [0.2, 0.25) is 0 Å². The highest BCUT2D eigenvalue weighted by molar-refractivity contribution is 14.1. The number of nitrogens with one attached hydrogen (secondary N) is 1. The van der Waals surface area contributed by atoms with Crippen LogP contribution in [-0.4, -0.2) is 35.6 Å². The highest BCUT2D eigenvalue weighted by atomic mass is 127. The number of hydrogen-bond donors (Lipinski definition) is 1. The van der Waals surface area contributed by atoms with Gasteiger partial charge >= 0.3 is 6.09 Å². The fourth-order valence-corrected chi connectivity index (χ4v) is 4.18. The molecular formula is C25H31IN2O3. The SMILES string of the molecule is CC(C)(C)OC(=O)N1CCC(CC(NC(=O)c2ccc(I)cc2)c2ccccc2)CC1. The molecule has 0 bridgehead atoms. The van der Waals surface area contributed by atoms with Gasteiger partial charge < -0.3 is 15.0 Å². The number of rotatable bonds is 5. The lowest BCUT2D eigenvalue weighted by molar-refractivity contribution is 0.0178. The van der Waals surface area contributed by atoms with Gasteiger partial charge in [-0.2, -0.15) is 0 Å². The number of carbonyl (C=O) groups excluding carboxylic acids is 2. The van der Waals surface area contributed by atoms with Crippen LogP contribution in [0.25, 0.3) is 0 Å². The minimum Gasteiger partial charge on any atom is -0.444 e. The molecule has 5 nitrogen and oxygen atoms in total. The Morgan fingerprint density at radius 3 is 2.26 bits per heavy atom. The smallest absolute Gasteiger partial charge is 0.410 e. The molecule has 0 saturated carbocycles. The van der Waals surface area contributed by atoms with Crippen molar-refractivity contribution >= 4 is 34.6 Å². The van der Waals surface area contributed by atoms with E-state index in [0.29, 0.717) is 24.6 Å². The third-order valence-corrected chi connectivity index (χ3v) is 6.17. The molecule has 1 fully saturated rings. The molecule has 1 heterocycles. The van der Waals surface area contributed by atoms with E-state index in [2.05, 4.69) is 40.0 Å². The van der Waals surface area contributed by atoms with Crippen LogP contribution in [0.15, 0.2) is 54.6 Å². The van der Waals surface area contributed by atoms with E-state index >= 15 is 0 Å². The highest BCUT2D eigenvalue weighted by Gasteiger charge is 2.29. The molecule has 2 aromatic rings. The van der Waals surface area contributed by atoms with E-state index in [1.165, 1.54) is 0 Å². The van der Waals surface area contributed by atoms with Crippen LogP contribution >= 0.6 is 22.6 Å². The Hall–Kier alpha value is -2.09. The molecule has 0 spiro atoms. The largest absolute Gasteiger partial charge is 0.444 e. The van der Waals surface area contributed by atoms with E-state index in [-0.39, 0.29) is 18.0 Å². The number of piperidine rings is 1. The maximum Gasteiger partial charge on any atom is 0.410 e. The number of carbonyl (C=O) groups is 2. The second kappa shape index (κ2) is 10.5. The zero-order valence-electron chi connectivity index (χ0n) is 18.4. The number of nitrogens with zero attached hydrogens (tertiary/aromatic N) is 1. The average molecular weight is 534 g/mol. The van der Waals surface area contributed by atoms with Crippen LogP contribution in [0.1, 0.15) is 62.0 Å². The highest BCUT2D eigenvalue weighted by Crippen LogP contribution is 2.29. The Balaban J connectivity index is 1.63. The molecule has 3 rings (SSSR count). The number of amides is 2. The summed E-state index contributed by atoms with van der Waals surface area (Å²) in [6, 6.07) is 17.7. The van der Waals surface area contributed by atoms with Gasteiger partial charge in [-0.15, -0.1) is 0 Å². The molecule has 1 unspecified atom stereocenters. The molecule has 2 aromatic carbocycles. The molecule has 2 amide bonds. The van der Waals surface area contributed by atoms with Gasteiger partial charge in [0.05, 0.1) is 6.04 Å². The molecule has 6 heteroatoms. The number of halogens is 1. The molecule has 1 atom stereocenters. The first kappa shape index (κ1) is 23.6. The summed E-state index contributed by atoms with van der Waals surface area (Å²) in [5.74, 6) is 0.373. The number of hydrogen-bond acceptors (Lipinski definition) is 3. The second-order valence-electron chi connectivity index (χ2n) is 9.09. The van der Waals surface area contributed by atoms with Crippen LogP contribution in [-0.2, 0) is 4.74 Å². The minimum atomic E-state index is -0.480. The molecule has 31 heavy (non-hydrogen) atoms. The Labute approximate surface area is 198 Å². The van der Waals surface area contributed by atoms with Gasteiger partial charge in [-0.05, 0) is 98.4 Å². The standard InChI is InChI=1S/C25H31IN2O3/c1-25(2,3)31-24(30)28-15-13-18(14-16-28)17-22(19-7-5-4-6-8-19)27-23(29)20-9-11-21(26)12-10-20/h4-12,18,22H,13-17H2,1-3H3,(H,27,29). The third-order valence-electron chi connectivity index (χ3n) is 5.45. The van der Waals surface area contributed by atoms with Crippen molar-refractivity contribution in [2.24, 2.45) is 5.92 Å². The predicted octanol–water partition coefficient (Wildman–Crippen LogP) is 5.80. The minimum absolute atomic E-state index is 0.0588. The van der Waals surface area contributed by atoms with Crippen molar-refractivity contribution in [1.82, 2.24) is 10.2 Å². The van der Waals surface area contributed by atoms with Crippen molar-refractivity contribution in [3.05, 3.63) is 69.3 Å². The van der Waals surface area contributed by atoms with Crippen LogP contribution in [0.3, 0.4) is 0 Å². The van der Waals surface area contributed by atoms with Gasteiger partial charge in [0.1, 0.15) is 5.60 Å². The Kier molecular flexibility index (Phi) is 7.97. The summed E-state index contributed by atoms with van der Waals surface area (Å²) >= 11 is 2.24. The molecule has 0 radical (unpaired) electrons. The van der Waals surface area contributed by atoms with E-state index < -0.39 is 5.60 Å². The summed E-state index contributed by atoms with van der Waals surface area (Å²) in [5.41, 5.74) is 1.29. The number of likely N-dealkylation sites (tertiary alicyclic amines) is 1. The Bertz CT molecular complexity index is 870.